The lowest BCUT2D eigenvalue weighted by Gasteiger charge is -2.04. The van der Waals surface area contributed by atoms with Crippen molar-refractivity contribution in [1.29, 1.82) is 0 Å². The van der Waals surface area contributed by atoms with Crippen LogP contribution in [0.1, 0.15) is 6.42 Å². The van der Waals surface area contributed by atoms with Crippen molar-refractivity contribution in [3.63, 3.8) is 0 Å². The molecule has 48 valence electrons. The maximum Gasteiger partial charge on any atom is 0.112 e. The molecule has 1 saturated heterocycles. The molecule has 1 nitrogen and oxygen atoms in total. The number of rotatable bonds is 1. The second kappa shape index (κ2) is 2.90. The van der Waals surface area contributed by atoms with Crippen LogP contribution in [-0.4, -0.2) is 18.1 Å². The molecule has 0 aromatic heterocycles. The van der Waals surface area contributed by atoms with Gasteiger partial charge < -0.3 is 4.74 Å². The van der Waals surface area contributed by atoms with E-state index in [4.69, 9.17) is 27.9 Å². The molecule has 3 heteroatoms. The van der Waals surface area contributed by atoms with Crippen LogP contribution in [0.25, 0.3) is 0 Å². The molecule has 0 aliphatic carbocycles. The van der Waals surface area contributed by atoms with E-state index >= 15 is 0 Å². The van der Waals surface area contributed by atoms with Gasteiger partial charge in [-0.1, -0.05) is 0 Å². The summed E-state index contributed by atoms with van der Waals surface area (Å²) in [5, 5.41) is 0. The van der Waals surface area contributed by atoms with Crippen molar-refractivity contribution in [2.45, 2.75) is 11.3 Å². The highest BCUT2D eigenvalue weighted by molar-refractivity contribution is 6.44. The van der Waals surface area contributed by atoms with Crippen LogP contribution in [0.15, 0.2) is 0 Å². The Kier molecular flexibility index (Phi) is 2.42. The summed E-state index contributed by atoms with van der Waals surface area (Å²) in [6.45, 7) is 1.55. The smallest absolute Gasteiger partial charge is 0.112 e. The van der Waals surface area contributed by atoms with Crippen molar-refractivity contribution >= 4 is 23.2 Å². The molecule has 1 unspecified atom stereocenters. The van der Waals surface area contributed by atoms with Gasteiger partial charge in [-0.2, -0.15) is 0 Å². The molecule has 0 spiro atoms. The summed E-state index contributed by atoms with van der Waals surface area (Å²) in [6, 6.07) is 0. The van der Waals surface area contributed by atoms with E-state index in [0.29, 0.717) is 5.92 Å². The van der Waals surface area contributed by atoms with Crippen LogP contribution in [0, 0.1) is 5.92 Å². The van der Waals surface area contributed by atoms with E-state index in [1.54, 1.807) is 0 Å². The molecule has 1 rings (SSSR count). The SMILES string of the molecule is ClC(Cl)C1CCOC1. The lowest BCUT2D eigenvalue weighted by molar-refractivity contribution is 0.187. The molecule has 1 heterocycles. The summed E-state index contributed by atoms with van der Waals surface area (Å²) >= 11 is 11.1. The van der Waals surface area contributed by atoms with Crippen LogP contribution in [0.4, 0.5) is 0 Å². The lowest BCUT2D eigenvalue weighted by Crippen LogP contribution is -2.07. The summed E-state index contributed by atoms with van der Waals surface area (Å²) in [5.41, 5.74) is 0. The average molecular weight is 155 g/mol. The minimum Gasteiger partial charge on any atom is -0.381 e. The topological polar surface area (TPSA) is 9.23 Å². The van der Waals surface area contributed by atoms with E-state index in [-0.39, 0.29) is 4.84 Å². The van der Waals surface area contributed by atoms with E-state index in [1.165, 1.54) is 0 Å². The van der Waals surface area contributed by atoms with Crippen LogP contribution in [0.5, 0.6) is 0 Å². The molecule has 1 atom stereocenters. The lowest BCUT2D eigenvalue weighted by atomic mass is 10.2. The largest absolute Gasteiger partial charge is 0.381 e. The Morgan fingerprint density at radius 1 is 1.50 bits per heavy atom. The van der Waals surface area contributed by atoms with Gasteiger partial charge in [0.1, 0.15) is 4.84 Å². The number of hydrogen-bond donors (Lipinski definition) is 0. The first-order valence-corrected chi connectivity index (χ1v) is 3.54. The third kappa shape index (κ3) is 1.51. The van der Waals surface area contributed by atoms with Crippen molar-refractivity contribution in [2.24, 2.45) is 5.92 Å². The van der Waals surface area contributed by atoms with Crippen molar-refractivity contribution in [1.82, 2.24) is 0 Å². The second-order valence-corrected chi connectivity index (χ2v) is 3.12. The molecule has 0 bridgehead atoms. The van der Waals surface area contributed by atoms with Gasteiger partial charge in [-0.15, -0.1) is 23.2 Å². The Bertz CT molecular complexity index is 68.8. The summed E-state index contributed by atoms with van der Waals surface area (Å²) in [7, 11) is 0. The molecule has 0 amide bonds. The minimum atomic E-state index is -0.238. The predicted molar refractivity (Wildman–Crippen MR) is 34.4 cm³/mol. The van der Waals surface area contributed by atoms with Crippen molar-refractivity contribution in [3.8, 4) is 0 Å². The maximum atomic E-state index is 5.57. The van der Waals surface area contributed by atoms with Gasteiger partial charge in [-0.25, -0.2) is 0 Å². The molecule has 0 aromatic rings. The van der Waals surface area contributed by atoms with E-state index in [1.807, 2.05) is 0 Å². The predicted octanol–water partition coefficient (Wildman–Crippen LogP) is 1.83. The zero-order valence-corrected chi connectivity index (χ0v) is 5.95. The Balaban J connectivity index is 2.24. The molecule has 8 heavy (non-hydrogen) atoms. The van der Waals surface area contributed by atoms with Gasteiger partial charge in [0.25, 0.3) is 0 Å². The van der Waals surface area contributed by atoms with Gasteiger partial charge in [0.2, 0.25) is 0 Å². The van der Waals surface area contributed by atoms with Gasteiger partial charge in [-0.3, -0.25) is 0 Å². The normalized spacial score (nSPS) is 29.6. The van der Waals surface area contributed by atoms with Gasteiger partial charge in [0.05, 0.1) is 6.61 Å². The highest BCUT2D eigenvalue weighted by Crippen LogP contribution is 2.23. The second-order valence-electron chi connectivity index (χ2n) is 1.96. The molecule has 0 N–H and O–H groups in total. The summed E-state index contributed by atoms with van der Waals surface area (Å²) in [5.74, 6) is 0.373. The Labute approximate surface area is 58.9 Å². The minimum absolute atomic E-state index is 0.238. The molecular weight excluding hydrogens is 147 g/mol. The van der Waals surface area contributed by atoms with Crippen LogP contribution in [-0.2, 0) is 4.74 Å². The van der Waals surface area contributed by atoms with E-state index in [2.05, 4.69) is 0 Å². The summed E-state index contributed by atoms with van der Waals surface area (Å²) in [4.78, 5) is -0.238. The first-order valence-electron chi connectivity index (χ1n) is 2.66. The van der Waals surface area contributed by atoms with Gasteiger partial charge >= 0.3 is 0 Å². The quantitative estimate of drug-likeness (QED) is 0.525. The molecule has 1 aliphatic rings. The maximum absolute atomic E-state index is 5.57. The van der Waals surface area contributed by atoms with Crippen LogP contribution in [0.2, 0.25) is 0 Å². The Morgan fingerprint density at radius 2 is 2.25 bits per heavy atom. The molecule has 0 saturated carbocycles. The number of alkyl halides is 2. The molecule has 1 aliphatic heterocycles. The molecule has 1 fully saturated rings. The number of halogens is 2. The summed E-state index contributed by atoms with van der Waals surface area (Å²) in [6.07, 6.45) is 1.01. The van der Waals surface area contributed by atoms with Crippen LogP contribution < -0.4 is 0 Å². The molecular formula is C5H8Cl2O. The van der Waals surface area contributed by atoms with Gasteiger partial charge in [-0.05, 0) is 6.42 Å². The highest BCUT2D eigenvalue weighted by atomic mass is 35.5. The van der Waals surface area contributed by atoms with Gasteiger partial charge in [0, 0.05) is 12.5 Å². The first kappa shape index (κ1) is 6.66. The van der Waals surface area contributed by atoms with Gasteiger partial charge in [0.15, 0.2) is 0 Å². The fourth-order valence-corrected chi connectivity index (χ4v) is 1.15. The third-order valence-electron chi connectivity index (χ3n) is 1.32. The van der Waals surface area contributed by atoms with Crippen LogP contribution >= 0.6 is 23.2 Å². The van der Waals surface area contributed by atoms with E-state index < -0.39 is 0 Å². The molecule has 0 radical (unpaired) electrons. The van der Waals surface area contributed by atoms with E-state index in [0.717, 1.165) is 19.6 Å². The highest BCUT2D eigenvalue weighted by Gasteiger charge is 2.21. The zero-order valence-electron chi connectivity index (χ0n) is 4.44. The average Bonchev–Trinajstić information content (AvgIpc) is 2.12. The van der Waals surface area contributed by atoms with Crippen molar-refractivity contribution in [2.75, 3.05) is 13.2 Å². The fourth-order valence-electron chi connectivity index (χ4n) is 0.751. The third-order valence-corrected chi connectivity index (χ3v) is 2.03. The zero-order chi connectivity index (χ0) is 5.98. The molecule has 0 aromatic carbocycles. The number of hydrogen-bond acceptors (Lipinski definition) is 1. The standard InChI is InChI=1S/C5H8Cl2O/c6-5(7)4-1-2-8-3-4/h4-5H,1-3H2. The van der Waals surface area contributed by atoms with E-state index in [9.17, 15) is 0 Å². The van der Waals surface area contributed by atoms with Crippen LogP contribution in [0.3, 0.4) is 0 Å². The van der Waals surface area contributed by atoms with Crippen molar-refractivity contribution < 1.29 is 4.74 Å². The first-order chi connectivity index (χ1) is 3.80. The Hall–Kier alpha value is 0.540. The number of ether oxygens (including phenoxy) is 1. The van der Waals surface area contributed by atoms with Crippen molar-refractivity contribution in [3.05, 3.63) is 0 Å². The summed E-state index contributed by atoms with van der Waals surface area (Å²) < 4.78 is 5.05. The monoisotopic (exact) mass is 154 g/mol. The Morgan fingerprint density at radius 3 is 2.50 bits per heavy atom. The fraction of sp³-hybridized carbons (Fsp3) is 1.00.